The molecule has 0 spiro atoms. The summed E-state index contributed by atoms with van der Waals surface area (Å²) in [6.45, 7) is 3.82. The van der Waals surface area contributed by atoms with Gasteiger partial charge in [0.05, 0.1) is 11.4 Å². The van der Waals surface area contributed by atoms with Gasteiger partial charge in [0.2, 0.25) is 0 Å². The number of hydrogen-bond acceptors (Lipinski definition) is 5. The third-order valence-corrected chi connectivity index (χ3v) is 5.44. The van der Waals surface area contributed by atoms with Crippen LogP contribution < -0.4 is 15.6 Å². The Hall–Kier alpha value is -3.52. The maximum absolute atomic E-state index is 13.1. The van der Waals surface area contributed by atoms with Gasteiger partial charge in [-0.15, -0.1) is 11.3 Å². The predicted octanol–water partition coefficient (Wildman–Crippen LogP) is 4.34. The number of rotatable bonds is 5. The number of fused-ring (bicyclic) bond motifs is 1. The molecule has 0 unspecified atom stereocenters. The summed E-state index contributed by atoms with van der Waals surface area (Å²) in [6.07, 6.45) is 0. The first-order valence-electron chi connectivity index (χ1n) is 9.18. The first-order valence-corrected chi connectivity index (χ1v) is 10.1. The summed E-state index contributed by atoms with van der Waals surface area (Å²) in [7, 11) is 0. The molecule has 0 saturated carbocycles. The van der Waals surface area contributed by atoms with E-state index in [1.165, 1.54) is 41.7 Å². The van der Waals surface area contributed by atoms with E-state index in [4.69, 9.17) is 4.74 Å². The molecule has 30 heavy (non-hydrogen) atoms. The first kappa shape index (κ1) is 19.8. The number of halogens is 1. The lowest BCUT2D eigenvalue weighted by Gasteiger charge is -2.13. The van der Waals surface area contributed by atoms with Crippen LogP contribution in [0.15, 0.2) is 58.7 Å². The highest BCUT2D eigenvalue weighted by molar-refractivity contribution is 7.15. The summed E-state index contributed by atoms with van der Waals surface area (Å²) in [4.78, 5) is 29.9. The molecular weight excluding hydrogens is 405 g/mol. The largest absolute Gasteiger partial charge is 0.485 e. The van der Waals surface area contributed by atoms with Crippen LogP contribution in [0.4, 0.5) is 10.1 Å². The molecule has 2 aromatic heterocycles. The molecule has 0 saturated heterocycles. The number of thiazole rings is 1. The number of nitrogens with one attached hydrogen (secondary N) is 1. The number of benzene rings is 2. The van der Waals surface area contributed by atoms with Gasteiger partial charge < -0.3 is 10.1 Å². The zero-order valence-electron chi connectivity index (χ0n) is 16.3. The minimum Gasteiger partial charge on any atom is -0.485 e. The van der Waals surface area contributed by atoms with Crippen molar-refractivity contribution in [3.63, 3.8) is 0 Å². The summed E-state index contributed by atoms with van der Waals surface area (Å²) >= 11 is 1.39. The Bertz CT molecular complexity index is 1300. The van der Waals surface area contributed by atoms with Crippen LogP contribution in [-0.2, 0) is 6.61 Å². The molecule has 152 valence electrons. The number of anilines is 1. The van der Waals surface area contributed by atoms with Crippen LogP contribution in [-0.4, -0.2) is 15.3 Å². The zero-order chi connectivity index (χ0) is 21.3. The third-order valence-electron chi connectivity index (χ3n) is 4.49. The quantitative estimate of drug-likeness (QED) is 0.518. The van der Waals surface area contributed by atoms with Gasteiger partial charge in [-0.25, -0.2) is 9.37 Å². The van der Waals surface area contributed by atoms with Crippen LogP contribution >= 0.6 is 11.3 Å². The summed E-state index contributed by atoms with van der Waals surface area (Å²) in [5.41, 5.74) is 2.92. The van der Waals surface area contributed by atoms with E-state index >= 15 is 0 Å². The number of carbonyl (C=O) groups is 1. The Kier molecular flexibility index (Phi) is 5.33. The molecule has 1 amide bonds. The highest BCUT2D eigenvalue weighted by Crippen LogP contribution is 2.27. The van der Waals surface area contributed by atoms with Gasteiger partial charge >= 0.3 is 0 Å². The third kappa shape index (κ3) is 4.08. The molecule has 8 heteroatoms. The van der Waals surface area contributed by atoms with Crippen LogP contribution in [0.25, 0.3) is 4.96 Å². The molecule has 4 aromatic rings. The number of nitrogens with zero attached hydrogens (tertiary/aromatic N) is 2. The van der Waals surface area contributed by atoms with Crippen LogP contribution in [0.2, 0.25) is 0 Å². The Labute approximate surface area is 175 Å². The minimum atomic E-state index is -0.410. The molecular formula is C22H18FN3O3S. The van der Waals surface area contributed by atoms with Gasteiger partial charge in [-0.05, 0) is 55.8 Å². The summed E-state index contributed by atoms with van der Waals surface area (Å²) in [5, 5.41) is 4.67. The van der Waals surface area contributed by atoms with E-state index in [2.05, 4.69) is 10.3 Å². The van der Waals surface area contributed by atoms with Gasteiger partial charge in [-0.2, -0.15) is 0 Å². The number of hydrogen-bond donors (Lipinski definition) is 1. The second-order valence-electron chi connectivity index (χ2n) is 6.83. The summed E-state index contributed by atoms with van der Waals surface area (Å²) < 4.78 is 20.5. The minimum absolute atomic E-state index is 0.0746. The van der Waals surface area contributed by atoms with Crippen molar-refractivity contribution in [1.82, 2.24) is 9.38 Å². The zero-order valence-corrected chi connectivity index (χ0v) is 17.1. The van der Waals surface area contributed by atoms with Crippen molar-refractivity contribution in [2.24, 2.45) is 0 Å². The SMILES string of the molecule is Cc1ccc(OCc2cc(=O)n3c(C)csc3n2)c(NC(=O)c2ccc(F)cc2)c1. The van der Waals surface area contributed by atoms with E-state index in [1.807, 2.05) is 25.3 Å². The molecule has 4 rings (SSSR count). The average molecular weight is 423 g/mol. The molecule has 0 aliphatic carbocycles. The molecule has 2 aromatic carbocycles. The van der Waals surface area contributed by atoms with Crippen molar-refractivity contribution in [1.29, 1.82) is 0 Å². The summed E-state index contributed by atoms with van der Waals surface area (Å²) in [5.74, 6) is -0.342. The summed E-state index contributed by atoms with van der Waals surface area (Å²) in [6, 6.07) is 12.1. The number of carbonyl (C=O) groups excluding carboxylic acids is 1. The molecule has 1 N–H and O–H groups in total. The lowest BCUT2D eigenvalue weighted by Crippen LogP contribution is -2.16. The number of ether oxygens (including phenoxy) is 1. The van der Waals surface area contributed by atoms with Gasteiger partial charge in [-0.3, -0.25) is 14.0 Å². The Morgan fingerprint density at radius 3 is 2.70 bits per heavy atom. The molecule has 6 nitrogen and oxygen atoms in total. The van der Waals surface area contributed by atoms with Crippen LogP contribution in [0, 0.1) is 19.7 Å². The monoisotopic (exact) mass is 423 g/mol. The lowest BCUT2D eigenvalue weighted by molar-refractivity contribution is 0.102. The second kappa shape index (κ2) is 8.08. The molecule has 0 atom stereocenters. The van der Waals surface area contributed by atoms with Crippen molar-refractivity contribution >= 4 is 27.9 Å². The number of aromatic nitrogens is 2. The normalized spacial score (nSPS) is 10.9. The standard InChI is InChI=1S/C22H18FN3O3S/c1-13-3-8-19(18(9-13)25-21(28)15-4-6-16(23)7-5-15)29-11-17-10-20(27)26-14(2)12-30-22(26)24-17/h3-10,12H,11H2,1-2H3,(H,25,28). The van der Waals surface area contributed by atoms with Crippen LogP contribution in [0.1, 0.15) is 27.3 Å². The van der Waals surface area contributed by atoms with E-state index in [9.17, 15) is 14.0 Å². The molecule has 0 aliphatic rings. The molecule has 0 aliphatic heterocycles. The highest BCUT2D eigenvalue weighted by Gasteiger charge is 2.12. The smallest absolute Gasteiger partial charge is 0.259 e. The first-order chi connectivity index (χ1) is 14.4. The van der Waals surface area contributed by atoms with Crippen LogP contribution in [0.3, 0.4) is 0 Å². The van der Waals surface area contributed by atoms with Gasteiger partial charge in [-0.1, -0.05) is 6.07 Å². The highest BCUT2D eigenvalue weighted by atomic mass is 32.1. The van der Waals surface area contributed by atoms with Crippen molar-refractivity contribution in [3.8, 4) is 5.75 Å². The van der Waals surface area contributed by atoms with Gasteiger partial charge in [0.15, 0.2) is 4.96 Å². The fourth-order valence-corrected chi connectivity index (χ4v) is 3.88. The van der Waals surface area contributed by atoms with Crippen molar-refractivity contribution in [2.75, 3.05) is 5.32 Å². The predicted molar refractivity (Wildman–Crippen MR) is 114 cm³/mol. The maximum atomic E-state index is 13.1. The van der Waals surface area contributed by atoms with Crippen LogP contribution in [0.5, 0.6) is 5.75 Å². The Morgan fingerprint density at radius 2 is 1.93 bits per heavy atom. The fraction of sp³-hybridized carbons (Fsp3) is 0.136. The number of aryl methyl sites for hydroxylation is 2. The van der Waals surface area contributed by atoms with Gasteiger partial charge in [0.25, 0.3) is 11.5 Å². The second-order valence-corrected chi connectivity index (χ2v) is 7.67. The van der Waals surface area contributed by atoms with E-state index in [0.717, 1.165) is 11.3 Å². The van der Waals surface area contributed by atoms with E-state index in [-0.39, 0.29) is 18.1 Å². The molecule has 0 radical (unpaired) electrons. The average Bonchev–Trinajstić information content (AvgIpc) is 3.09. The van der Waals surface area contributed by atoms with Gasteiger partial charge in [0.1, 0.15) is 18.2 Å². The Balaban J connectivity index is 1.55. The lowest BCUT2D eigenvalue weighted by atomic mass is 10.1. The fourth-order valence-electron chi connectivity index (χ4n) is 2.99. The molecule has 0 fully saturated rings. The molecule has 2 heterocycles. The molecule has 0 bridgehead atoms. The van der Waals surface area contributed by atoms with Crippen molar-refractivity contribution in [3.05, 3.63) is 92.6 Å². The van der Waals surface area contributed by atoms with Gasteiger partial charge in [0, 0.05) is 22.7 Å². The number of amides is 1. The van der Waals surface area contributed by atoms with Crippen molar-refractivity contribution < 1.29 is 13.9 Å². The van der Waals surface area contributed by atoms with E-state index in [0.29, 0.717) is 27.7 Å². The van der Waals surface area contributed by atoms with E-state index < -0.39 is 5.82 Å². The maximum Gasteiger partial charge on any atom is 0.259 e. The van der Waals surface area contributed by atoms with Crippen molar-refractivity contribution in [2.45, 2.75) is 20.5 Å². The van der Waals surface area contributed by atoms with E-state index in [1.54, 1.807) is 16.5 Å². The Morgan fingerprint density at radius 1 is 1.17 bits per heavy atom. The topological polar surface area (TPSA) is 72.7 Å².